The standard InChI is InChI=1S/C12H10Cl2N4O3/c13-9-2-1-7(10(14)17-9)11(19)15-3-4-18-5-8(12(20)21)16-6-18/h1-2,5-6H,3-4H2,(H,15,19)(H,20,21). The molecule has 7 nitrogen and oxygen atoms in total. The van der Waals surface area contributed by atoms with Crippen molar-refractivity contribution in [1.82, 2.24) is 19.9 Å². The molecule has 9 heteroatoms. The normalized spacial score (nSPS) is 10.4. The lowest BCUT2D eigenvalue weighted by Gasteiger charge is -2.06. The summed E-state index contributed by atoms with van der Waals surface area (Å²) in [5, 5.41) is 11.6. The molecule has 2 heterocycles. The largest absolute Gasteiger partial charge is 0.476 e. The van der Waals surface area contributed by atoms with E-state index in [0.717, 1.165) is 0 Å². The van der Waals surface area contributed by atoms with E-state index in [2.05, 4.69) is 15.3 Å². The van der Waals surface area contributed by atoms with Crippen LogP contribution in [0.2, 0.25) is 10.3 Å². The van der Waals surface area contributed by atoms with Crippen molar-refractivity contribution in [2.75, 3.05) is 6.54 Å². The van der Waals surface area contributed by atoms with Gasteiger partial charge in [-0.15, -0.1) is 0 Å². The van der Waals surface area contributed by atoms with E-state index in [1.165, 1.54) is 24.7 Å². The molecular formula is C12H10Cl2N4O3. The molecule has 0 bridgehead atoms. The number of imidazole rings is 1. The number of pyridine rings is 1. The van der Waals surface area contributed by atoms with Crippen LogP contribution in [0.25, 0.3) is 0 Å². The fourth-order valence-corrected chi connectivity index (χ4v) is 2.00. The predicted molar refractivity (Wildman–Crippen MR) is 75.8 cm³/mol. The Kier molecular flexibility index (Phi) is 4.77. The monoisotopic (exact) mass is 328 g/mol. The van der Waals surface area contributed by atoms with Crippen molar-refractivity contribution in [3.8, 4) is 0 Å². The summed E-state index contributed by atoms with van der Waals surface area (Å²) in [4.78, 5) is 30.0. The lowest BCUT2D eigenvalue weighted by atomic mass is 10.2. The maximum Gasteiger partial charge on any atom is 0.356 e. The molecule has 0 aliphatic carbocycles. The van der Waals surface area contributed by atoms with Crippen molar-refractivity contribution in [1.29, 1.82) is 0 Å². The first-order valence-corrected chi connectivity index (χ1v) is 6.58. The Morgan fingerprint density at radius 1 is 1.33 bits per heavy atom. The van der Waals surface area contributed by atoms with Crippen LogP contribution >= 0.6 is 23.2 Å². The van der Waals surface area contributed by atoms with Crippen LogP contribution < -0.4 is 5.32 Å². The first-order valence-electron chi connectivity index (χ1n) is 5.82. The van der Waals surface area contributed by atoms with Crippen LogP contribution in [-0.2, 0) is 6.54 Å². The third-order valence-electron chi connectivity index (χ3n) is 2.57. The second-order valence-electron chi connectivity index (χ2n) is 4.03. The molecule has 0 spiro atoms. The molecule has 0 unspecified atom stereocenters. The minimum Gasteiger partial charge on any atom is -0.476 e. The van der Waals surface area contributed by atoms with Crippen LogP contribution in [0.15, 0.2) is 24.7 Å². The van der Waals surface area contributed by atoms with Gasteiger partial charge in [0, 0.05) is 19.3 Å². The van der Waals surface area contributed by atoms with E-state index in [-0.39, 0.29) is 34.0 Å². The van der Waals surface area contributed by atoms with Crippen molar-refractivity contribution in [2.24, 2.45) is 0 Å². The zero-order chi connectivity index (χ0) is 15.4. The number of aromatic carboxylic acids is 1. The number of carboxylic acid groups (broad SMARTS) is 1. The summed E-state index contributed by atoms with van der Waals surface area (Å²) >= 11 is 11.5. The summed E-state index contributed by atoms with van der Waals surface area (Å²) in [5.74, 6) is -1.49. The molecule has 0 fully saturated rings. The zero-order valence-electron chi connectivity index (χ0n) is 10.6. The van der Waals surface area contributed by atoms with E-state index in [9.17, 15) is 9.59 Å². The Bertz CT molecular complexity index is 687. The van der Waals surface area contributed by atoms with Crippen LogP contribution in [0.5, 0.6) is 0 Å². The molecule has 2 N–H and O–H groups in total. The number of hydrogen-bond acceptors (Lipinski definition) is 4. The van der Waals surface area contributed by atoms with Crippen LogP contribution in [0.4, 0.5) is 0 Å². The number of hydrogen-bond donors (Lipinski definition) is 2. The number of aromatic nitrogens is 3. The summed E-state index contributed by atoms with van der Waals surface area (Å²) in [7, 11) is 0. The molecule has 0 radical (unpaired) electrons. The van der Waals surface area contributed by atoms with Crippen molar-refractivity contribution in [3.05, 3.63) is 46.2 Å². The molecule has 0 aliphatic heterocycles. The highest BCUT2D eigenvalue weighted by atomic mass is 35.5. The Hall–Kier alpha value is -2.12. The van der Waals surface area contributed by atoms with Crippen molar-refractivity contribution < 1.29 is 14.7 Å². The van der Waals surface area contributed by atoms with Gasteiger partial charge in [0.15, 0.2) is 5.69 Å². The number of rotatable bonds is 5. The molecule has 2 aromatic rings. The zero-order valence-corrected chi connectivity index (χ0v) is 12.1. The minimum absolute atomic E-state index is 0.0239. The third-order valence-corrected chi connectivity index (χ3v) is 3.07. The summed E-state index contributed by atoms with van der Waals surface area (Å²) in [6.07, 6.45) is 2.76. The molecule has 21 heavy (non-hydrogen) atoms. The first-order chi connectivity index (χ1) is 9.97. The number of carboxylic acids is 1. The van der Waals surface area contributed by atoms with Gasteiger partial charge in [0.2, 0.25) is 0 Å². The average molecular weight is 329 g/mol. The van der Waals surface area contributed by atoms with Crippen LogP contribution in [-0.4, -0.2) is 38.1 Å². The summed E-state index contributed by atoms with van der Waals surface area (Å²) in [6, 6.07) is 2.95. The van der Waals surface area contributed by atoms with E-state index in [4.69, 9.17) is 28.3 Å². The van der Waals surface area contributed by atoms with Gasteiger partial charge in [-0.2, -0.15) is 0 Å². The highest BCUT2D eigenvalue weighted by Gasteiger charge is 2.11. The van der Waals surface area contributed by atoms with E-state index in [0.29, 0.717) is 6.54 Å². The molecule has 2 aromatic heterocycles. The van der Waals surface area contributed by atoms with E-state index in [1.54, 1.807) is 4.57 Å². The predicted octanol–water partition coefficient (Wildman–Crippen LogP) is 1.71. The van der Waals surface area contributed by atoms with Gasteiger partial charge in [-0.1, -0.05) is 23.2 Å². The maximum absolute atomic E-state index is 11.9. The number of amides is 1. The van der Waals surface area contributed by atoms with Crippen LogP contribution in [0.1, 0.15) is 20.8 Å². The van der Waals surface area contributed by atoms with E-state index >= 15 is 0 Å². The SMILES string of the molecule is O=C(O)c1cn(CCNC(=O)c2ccc(Cl)nc2Cl)cn1. The number of nitrogens with zero attached hydrogens (tertiary/aromatic N) is 3. The van der Waals surface area contributed by atoms with E-state index < -0.39 is 5.97 Å². The van der Waals surface area contributed by atoms with Crippen LogP contribution in [0, 0.1) is 0 Å². The Morgan fingerprint density at radius 3 is 2.71 bits per heavy atom. The highest BCUT2D eigenvalue weighted by molar-refractivity contribution is 6.34. The quantitative estimate of drug-likeness (QED) is 0.814. The summed E-state index contributed by atoms with van der Waals surface area (Å²) < 4.78 is 1.56. The second kappa shape index (κ2) is 6.55. The molecular weight excluding hydrogens is 319 g/mol. The number of carbonyl (C=O) groups is 2. The van der Waals surface area contributed by atoms with Crippen molar-refractivity contribution in [3.63, 3.8) is 0 Å². The van der Waals surface area contributed by atoms with Gasteiger partial charge in [-0.25, -0.2) is 14.8 Å². The van der Waals surface area contributed by atoms with Gasteiger partial charge in [-0.3, -0.25) is 4.79 Å². The number of nitrogens with one attached hydrogen (secondary N) is 1. The van der Waals surface area contributed by atoms with Gasteiger partial charge in [0.1, 0.15) is 10.3 Å². The minimum atomic E-state index is -1.10. The van der Waals surface area contributed by atoms with Gasteiger partial charge in [-0.05, 0) is 12.1 Å². The lowest BCUT2D eigenvalue weighted by Crippen LogP contribution is -2.27. The average Bonchev–Trinajstić information content (AvgIpc) is 2.87. The highest BCUT2D eigenvalue weighted by Crippen LogP contribution is 2.16. The fourth-order valence-electron chi connectivity index (χ4n) is 1.57. The van der Waals surface area contributed by atoms with Gasteiger partial charge in [0.05, 0.1) is 11.9 Å². The Labute approximate surface area is 129 Å². The molecule has 110 valence electrons. The van der Waals surface area contributed by atoms with Crippen molar-refractivity contribution >= 4 is 35.1 Å². The molecule has 1 amide bonds. The molecule has 0 saturated heterocycles. The molecule has 0 atom stereocenters. The molecule has 0 aliphatic rings. The Morgan fingerprint density at radius 2 is 2.10 bits per heavy atom. The maximum atomic E-state index is 11.9. The fraction of sp³-hybridized carbons (Fsp3) is 0.167. The first kappa shape index (κ1) is 15.3. The molecule has 0 saturated carbocycles. The summed E-state index contributed by atoms with van der Waals surface area (Å²) in [5.41, 5.74) is 0.171. The van der Waals surface area contributed by atoms with Gasteiger partial charge >= 0.3 is 5.97 Å². The lowest BCUT2D eigenvalue weighted by molar-refractivity contribution is 0.0690. The van der Waals surface area contributed by atoms with Gasteiger partial charge < -0.3 is 15.0 Å². The number of halogens is 2. The Balaban J connectivity index is 1.90. The van der Waals surface area contributed by atoms with E-state index in [1.807, 2.05) is 0 Å². The molecule has 2 rings (SSSR count). The second-order valence-corrected chi connectivity index (χ2v) is 4.78. The van der Waals surface area contributed by atoms with Crippen molar-refractivity contribution in [2.45, 2.75) is 6.54 Å². The van der Waals surface area contributed by atoms with Crippen LogP contribution in [0.3, 0.4) is 0 Å². The van der Waals surface area contributed by atoms with Gasteiger partial charge in [0.25, 0.3) is 5.91 Å². The summed E-state index contributed by atoms with van der Waals surface area (Å²) in [6.45, 7) is 0.665. The smallest absolute Gasteiger partial charge is 0.356 e. The molecule has 0 aromatic carbocycles. The topological polar surface area (TPSA) is 97.1 Å². The number of carbonyl (C=O) groups excluding carboxylic acids is 1. The third kappa shape index (κ3) is 3.93.